The predicted octanol–water partition coefficient (Wildman–Crippen LogP) is 3.87. The van der Waals surface area contributed by atoms with Gasteiger partial charge in [-0.15, -0.1) is 11.3 Å². The molecule has 0 aliphatic rings. The van der Waals surface area contributed by atoms with E-state index >= 15 is 0 Å². The number of nitrogens with zero attached hydrogens (tertiary/aromatic N) is 3. The van der Waals surface area contributed by atoms with Crippen LogP contribution in [0, 0.1) is 6.92 Å². The summed E-state index contributed by atoms with van der Waals surface area (Å²) < 4.78 is 2.63. The maximum atomic E-state index is 11.0. The number of hydrogen-bond acceptors (Lipinski definition) is 5. The first-order valence-corrected chi connectivity index (χ1v) is 8.73. The van der Waals surface area contributed by atoms with Crippen molar-refractivity contribution >= 4 is 40.7 Å². The Bertz CT molecular complexity index is 667. The molecular formula is C13H16ClN3O2S2. The van der Waals surface area contributed by atoms with Gasteiger partial charge in [0.05, 0.1) is 22.1 Å². The molecular weight excluding hydrogens is 330 g/mol. The molecule has 114 valence electrons. The summed E-state index contributed by atoms with van der Waals surface area (Å²) in [6.07, 6.45) is 0.795. The van der Waals surface area contributed by atoms with Crippen LogP contribution in [0.2, 0.25) is 5.02 Å². The number of thioether (sulfide) groups is 1. The second-order valence-corrected chi connectivity index (χ2v) is 6.96. The van der Waals surface area contributed by atoms with Crippen LogP contribution in [-0.4, -0.2) is 25.8 Å². The zero-order valence-electron chi connectivity index (χ0n) is 12.0. The topological polar surface area (TPSA) is 68.0 Å². The predicted molar refractivity (Wildman–Crippen MR) is 85.7 cm³/mol. The first kappa shape index (κ1) is 16.3. The van der Waals surface area contributed by atoms with E-state index in [-0.39, 0.29) is 0 Å². The highest BCUT2D eigenvalue weighted by Gasteiger charge is 2.17. The van der Waals surface area contributed by atoms with Gasteiger partial charge in [-0.2, -0.15) is 5.10 Å². The Morgan fingerprint density at radius 1 is 1.48 bits per heavy atom. The highest BCUT2D eigenvalue weighted by Crippen LogP contribution is 2.32. The largest absolute Gasteiger partial charge is 0.477 e. The van der Waals surface area contributed by atoms with Crippen molar-refractivity contribution in [1.82, 2.24) is 14.8 Å². The lowest BCUT2D eigenvalue weighted by atomic mass is 10.3. The molecule has 0 fully saturated rings. The van der Waals surface area contributed by atoms with E-state index in [9.17, 15) is 4.79 Å². The number of thiazole rings is 1. The molecule has 0 bridgehead atoms. The van der Waals surface area contributed by atoms with Gasteiger partial charge in [-0.25, -0.2) is 9.78 Å². The molecule has 2 aromatic rings. The molecule has 0 spiro atoms. The maximum absolute atomic E-state index is 11.0. The smallest absolute Gasteiger partial charge is 0.347 e. The Morgan fingerprint density at radius 2 is 2.19 bits per heavy atom. The molecule has 0 radical (unpaired) electrons. The van der Waals surface area contributed by atoms with Crippen LogP contribution in [0.1, 0.15) is 40.6 Å². The minimum atomic E-state index is -0.929. The number of aromatic nitrogens is 3. The quantitative estimate of drug-likeness (QED) is 0.805. The van der Waals surface area contributed by atoms with Crippen LogP contribution in [0.25, 0.3) is 0 Å². The Kier molecular flexibility index (Phi) is 5.29. The van der Waals surface area contributed by atoms with Crippen LogP contribution in [0.5, 0.6) is 0 Å². The van der Waals surface area contributed by atoms with Crippen LogP contribution in [0.3, 0.4) is 0 Å². The van der Waals surface area contributed by atoms with E-state index in [0.29, 0.717) is 21.3 Å². The van der Waals surface area contributed by atoms with Gasteiger partial charge in [0, 0.05) is 12.3 Å². The maximum Gasteiger partial charge on any atom is 0.347 e. The molecule has 0 atom stereocenters. The van der Waals surface area contributed by atoms with E-state index in [1.54, 1.807) is 6.92 Å². The minimum absolute atomic E-state index is 0.293. The Hall–Kier alpha value is -1.05. The van der Waals surface area contributed by atoms with Gasteiger partial charge < -0.3 is 5.11 Å². The number of aryl methyl sites for hydroxylation is 3. The van der Waals surface area contributed by atoms with Crippen molar-refractivity contribution in [3.8, 4) is 0 Å². The average molecular weight is 346 g/mol. The molecule has 2 heterocycles. The first-order valence-electron chi connectivity index (χ1n) is 6.55. The summed E-state index contributed by atoms with van der Waals surface area (Å²) in [5.41, 5.74) is 2.42. The third kappa shape index (κ3) is 3.41. The van der Waals surface area contributed by atoms with Crippen molar-refractivity contribution in [3.63, 3.8) is 0 Å². The molecule has 1 N–H and O–H groups in total. The molecule has 0 aliphatic heterocycles. The molecule has 0 amide bonds. The van der Waals surface area contributed by atoms with E-state index in [1.165, 1.54) is 23.1 Å². The summed E-state index contributed by atoms with van der Waals surface area (Å²) in [6, 6.07) is 0. The van der Waals surface area contributed by atoms with Gasteiger partial charge >= 0.3 is 5.97 Å². The third-order valence-corrected chi connectivity index (χ3v) is 5.73. The van der Waals surface area contributed by atoms with Gasteiger partial charge in [-0.3, -0.25) is 4.68 Å². The molecule has 0 aromatic carbocycles. The molecule has 0 saturated heterocycles. The van der Waals surface area contributed by atoms with Gasteiger partial charge in [0.1, 0.15) is 4.88 Å². The summed E-state index contributed by atoms with van der Waals surface area (Å²) in [5.74, 6) is -0.298. The highest BCUT2D eigenvalue weighted by atomic mass is 35.5. The van der Waals surface area contributed by atoms with E-state index < -0.39 is 5.97 Å². The summed E-state index contributed by atoms with van der Waals surface area (Å²) in [7, 11) is 0. The number of carboxylic acid groups (broad SMARTS) is 1. The fourth-order valence-electron chi connectivity index (χ4n) is 1.92. The molecule has 0 unspecified atom stereocenters. The second-order valence-electron chi connectivity index (χ2n) is 4.36. The Balaban J connectivity index is 2.18. The third-order valence-electron chi connectivity index (χ3n) is 3.00. The lowest BCUT2D eigenvalue weighted by molar-refractivity contribution is 0.0701. The Morgan fingerprint density at radius 3 is 2.71 bits per heavy atom. The molecule has 5 nitrogen and oxygen atoms in total. The van der Waals surface area contributed by atoms with Gasteiger partial charge in [0.2, 0.25) is 0 Å². The zero-order chi connectivity index (χ0) is 15.6. The summed E-state index contributed by atoms with van der Waals surface area (Å²) in [4.78, 5) is 15.6. The molecule has 0 aliphatic carbocycles. The fraction of sp³-hybridized carbons (Fsp3) is 0.462. The van der Waals surface area contributed by atoms with Crippen molar-refractivity contribution in [2.75, 3.05) is 0 Å². The molecule has 2 rings (SSSR count). The normalized spacial score (nSPS) is 11.0. The highest BCUT2D eigenvalue weighted by molar-refractivity contribution is 8.00. The monoisotopic (exact) mass is 345 g/mol. The number of carbonyl (C=O) groups is 1. The standard InChI is InChI=1S/C13H16ClN3O2S2/c1-4-8-10(14)9(17(5-2)16-8)6-20-13-15-7(3)11(21-13)12(18)19/h4-6H2,1-3H3,(H,18,19). The fourth-order valence-corrected chi connectivity index (χ4v) is 4.39. The van der Waals surface area contributed by atoms with E-state index in [0.717, 1.165) is 28.7 Å². The molecule has 8 heteroatoms. The SMILES string of the molecule is CCc1nn(CC)c(CSc2nc(C)c(C(=O)O)s2)c1Cl. The van der Waals surface area contributed by atoms with Crippen molar-refractivity contribution < 1.29 is 9.90 Å². The van der Waals surface area contributed by atoms with Crippen LogP contribution < -0.4 is 0 Å². The average Bonchev–Trinajstić information content (AvgIpc) is 2.97. The lowest BCUT2D eigenvalue weighted by Crippen LogP contribution is -2.01. The van der Waals surface area contributed by atoms with Crippen molar-refractivity contribution in [1.29, 1.82) is 0 Å². The van der Waals surface area contributed by atoms with Gasteiger partial charge in [0.15, 0.2) is 4.34 Å². The number of carboxylic acids is 1. The van der Waals surface area contributed by atoms with Crippen molar-refractivity contribution in [3.05, 3.63) is 27.0 Å². The van der Waals surface area contributed by atoms with Crippen LogP contribution in [0.15, 0.2) is 4.34 Å². The molecule has 0 saturated carbocycles. The number of rotatable bonds is 6. The lowest BCUT2D eigenvalue weighted by Gasteiger charge is -2.03. The summed E-state index contributed by atoms with van der Waals surface area (Å²) >= 11 is 9.04. The van der Waals surface area contributed by atoms with Crippen molar-refractivity contribution in [2.45, 2.75) is 43.8 Å². The number of hydrogen-bond donors (Lipinski definition) is 1. The minimum Gasteiger partial charge on any atom is -0.477 e. The number of aromatic carboxylic acids is 1. The van der Waals surface area contributed by atoms with Crippen LogP contribution >= 0.6 is 34.7 Å². The summed E-state index contributed by atoms with van der Waals surface area (Å²) in [6.45, 7) is 6.51. The van der Waals surface area contributed by atoms with E-state index in [2.05, 4.69) is 10.1 Å². The van der Waals surface area contributed by atoms with Gasteiger partial charge in [-0.05, 0) is 20.3 Å². The Labute approximate surface area is 136 Å². The molecule has 2 aromatic heterocycles. The zero-order valence-corrected chi connectivity index (χ0v) is 14.4. The van der Waals surface area contributed by atoms with Crippen LogP contribution in [-0.2, 0) is 18.7 Å². The van der Waals surface area contributed by atoms with Crippen LogP contribution in [0.4, 0.5) is 0 Å². The van der Waals surface area contributed by atoms with E-state index in [1.807, 2.05) is 18.5 Å². The van der Waals surface area contributed by atoms with E-state index in [4.69, 9.17) is 16.7 Å². The van der Waals surface area contributed by atoms with Gasteiger partial charge in [0.25, 0.3) is 0 Å². The molecule has 21 heavy (non-hydrogen) atoms. The van der Waals surface area contributed by atoms with Crippen molar-refractivity contribution in [2.24, 2.45) is 0 Å². The second kappa shape index (κ2) is 6.81. The first-order chi connectivity index (χ1) is 9.97. The number of halogens is 1. The van der Waals surface area contributed by atoms with Gasteiger partial charge in [-0.1, -0.05) is 30.3 Å². The summed E-state index contributed by atoms with van der Waals surface area (Å²) in [5, 5.41) is 14.2.